The smallest absolute Gasteiger partial charge is 0.271 e. The lowest BCUT2D eigenvalue weighted by atomic mass is 10.1. The van der Waals surface area contributed by atoms with E-state index in [2.05, 4.69) is 0 Å². The van der Waals surface area contributed by atoms with Gasteiger partial charge in [0.2, 0.25) is 11.1 Å². The number of carbonyl (C=O) groups excluding carboxylic acids is 2. The van der Waals surface area contributed by atoms with Gasteiger partial charge >= 0.3 is 0 Å². The Kier molecular flexibility index (Phi) is 3.29. The van der Waals surface area contributed by atoms with Gasteiger partial charge in [-0.25, -0.2) is 0 Å². The maximum Gasteiger partial charge on any atom is 0.271 e. The Morgan fingerprint density at radius 3 is 2.78 bits per heavy atom. The maximum atomic E-state index is 11.7. The average molecular weight is 269 g/mol. The Morgan fingerprint density at radius 2 is 2.22 bits per heavy atom. The molecule has 0 aliphatic carbocycles. The summed E-state index contributed by atoms with van der Waals surface area (Å²) in [5.41, 5.74) is 0.315. The summed E-state index contributed by atoms with van der Waals surface area (Å²) in [6, 6.07) is 5.73. The fourth-order valence-electron chi connectivity index (χ4n) is 1.88. The summed E-state index contributed by atoms with van der Waals surface area (Å²) >= 11 is 5.36. The van der Waals surface area contributed by atoms with Gasteiger partial charge in [-0.05, 0) is 17.7 Å². The Balaban J connectivity index is 2.27. The molecule has 6 nitrogen and oxygen atoms in total. The van der Waals surface area contributed by atoms with E-state index < -0.39 is 16.1 Å². The molecule has 1 atom stereocenters. The molecule has 0 aromatic heterocycles. The minimum absolute atomic E-state index is 0.0467. The van der Waals surface area contributed by atoms with Gasteiger partial charge < -0.3 is 4.90 Å². The molecule has 1 unspecified atom stereocenters. The van der Waals surface area contributed by atoms with Crippen molar-refractivity contribution in [1.82, 2.24) is 0 Å². The summed E-state index contributed by atoms with van der Waals surface area (Å²) in [5, 5.41) is 10.1. The van der Waals surface area contributed by atoms with Crippen molar-refractivity contribution < 1.29 is 14.5 Å². The fraction of sp³-hybridized carbons (Fsp3) is 0.273. The molecule has 1 fully saturated rings. The molecule has 1 amide bonds. The number of halogens is 1. The molecular formula is C11H9ClN2O4. The molecule has 1 aliphatic rings. The molecule has 1 heterocycles. The monoisotopic (exact) mass is 268 g/mol. The first-order valence-corrected chi connectivity index (χ1v) is 5.61. The third-order valence-corrected chi connectivity index (χ3v) is 3.11. The molecule has 0 bridgehead atoms. The molecule has 0 radical (unpaired) electrons. The van der Waals surface area contributed by atoms with Gasteiger partial charge in [0.25, 0.3) is 5.69 Å². The van der Waals surface area contributed by atoms with Crippen LogP contribution in [0.5, 0.6) is 0 Å². The van der Waals surface area contributed by atoms with Crippen LogP contribution in [-0.4, -0.2) is 22.6 Å². The van der Waals surface area contributed by atoms with Crippen LogP contribution in [0.25, 0.3) is 0 Å². The van der Waals surface area contributed by atoms with E-state index in [-0.39, 0.29) is 24.6 Å². The van der Waals surface area contributed by atoms with E-state index in [1.54, 1.807) is 6.07 Å². The summed E-state index contributed by atoms with van der Waals surface area (Å²) in [5.74, 6) is -0.798. The summed E-state index contributed by atoms with van der Waals surface area (Å²) in [6.07, 6.45) is 0.0467. The van der Waals surface area contributed by atoms with Crippen molar-refractivity contribution in [3.05, 3.63) is 34.4 Å². The average Bonchev–Trinajstić information content (AvgIpc) is 2.72. The molecular weight excluding hydrogens is 260 g/mol. The normalized spacial score (nSPS) is 19.1. The van der Waals surface area contributed by atoms with Crippen molar-refractivity contribution in [2.24, 2.45) is 5.92 Å². The highest BCUT2D eigenvalue weighted by Crippen LogP contribution is 2.28. The Hall–Kier alpha value is -1.95. The highest BCUT2D eigenvalue weighted by atomic mass is 35.5. The van der Waals surface area contributed by atoms with Crippen LogP contribution in [0.1, 0.15) is 6.42 Å². The topological polar surface area (TPSA) is 80.5 Å². The fourth-order valence-corrected chi connectivity index (χ4v) is 2.03. The van der Waals surface area contributed by atoms with Crippen LogP contribution >= 0.6 is 11.6 Å². The molecule has 1 saturated heterocycles. The number of amides is 1. The lowest BCUT2D eigenvalue weighted by Crippen LogP contribution is -2.25. The van der Waals surface area contributed by atoms with E-state index >= 15 is 0 Å². The Bertz CT molecular complexity index is 532. The van der Waals surface area contributed by atoms with Crippen LogP contribution in [-0.2, 0) is 9.59 Å². The molecule has 7 heteroatoms. The van der Waals surface area contributed by atoms with Gasteiger partial charge in [-0.2, -0.15) is 0 Å². The standard InChI is InChI=1S/C11H9ClN2O4/c12-11(16)7-4-10(15)13(6-7)8-2-1-3-9(5-8)14(17)18/h1-3,5,7H,4,6H2. The van der Waals surface area contributed by atoms with E-state index in [4.69, 9.17) is 11.6 Å². The Labute approximate surface area is 107 Å². The molecule has 2 rings (SSSR count). The number of nitro benzene ring substituents is 1. The first-order chi connectivity index (χ1) is 8.49. The summed E-state index contributed by atoms with van der Waals surface area (Å²) in [7, 11) is 0. The first-order valence-electron chi connectivity index (χ1n) is 5.23. The van der Waals surface area contributed by atoms with E-state index in [0.29, 0.717) is 5.69 Å². The van der Waals surface area contributed by atoms with Gasteiger partial charge in [0.05, 0.1) is 16.5 Å². The van der Waals surface area contributed by atoms with E-state index in [1.165, 1.54) is 23.1 Å². The number of hydrogen-bond donors (Lipinski definition) is 0. The van der Waals surface area contributed by atoms with Crippen LogP contribution < -0.4 is 4.90 Å². The van der Waals surface area contributed by atoms with Crippen LogP contribution in [0.2, 0.25) is 0 Å². The van der Waals surface area contributed by atoms with Gasteiger partial charge in [-0.15, -0.1) is 0 Å². The van der Waals surface area contributed by atoms with Crippen molar-refractivity contribution in [1.29, 1.82) is 0 Å². The van der Waals surface area contributed by atoms with Gasteiger partial charge in [0.1, 0.15) is 0 Å². The number of hydrogen-bond acceptors (Lipinski definition) is 4. The van der Waals surface area contributed by atoms with Crippen LogP contribution in [0.4, 0.5) is 11.4 Å². The van der Waals surface area contributed by atoms with E-state index in [1.807, 2.05) is 0 Å². The van der Waals surface area contributed by atoms with Crippen molar-refractivity contribution in [2.45, 2.75) is 6.42 Å². The molecule has 94 valence electrons. The second-order valence-corrected chi connectivity index (χ2v) is 4.36. The van der Waals surface area contributed by atoms with Crippen molar-refractivity contribution in [2.75, 3.05) is 11.4 Å². The highest BCUT2D eigenvalue weighted by molar-refractivity contribution is 6.64. The number of nitrogens with zero attached hydrogens (tertiary/aromatic N) is 2. The van der Waals surface area contributed by atoms with Gasteiger partial charge in [-0.1, -0.05) is 6.07 Å². The van der Waals surface area contributed by atoms with Crippen LogP contribution in [0.3, 0.4) is 0 Å². The SMILES string of the molecule is O=C(Cl)C1CC(=O)N(c2cccc([N+](=O)[O-])c2)C1. The largest absolute Gasteiger partial charge is 0.311 e. The zero-order valence-electron chi connectivity index (χ0n) is 9.21. The quantitative estimate of drug-likeness (QED) is 0.475. The molecule has 0 N–H and O–H groups in total. The number of non-ortho nitro benzene ring substituents is 1. The second kappa shape index (κ2) is 4.73. The van der Waals surface area contributed by atoms with Gasteiger partial charge in [-0.3, -0.25) is 19.7 Å². The third-order valence-electron chi connectivity index (χ3n) is 2.80. The van der Waals surface area contributed by atoms with Crippen molar-refractivity contribution in [3.8, 4) is 0 Å². The molecule has 1 aromatic rings. The minimum atomic E-state index is -0.559. The van der Waals surface area contributed by atoms with Crippen LogP contribution in [0, 0.1) is 16.0 Å². The second-order valence-electron chi connectivity index (χ2n) is 3.99. The molecule has 0 spiro atoms. The first kappa shape index (κ1) is 12.5. The molecule has 1 aromatic carbocycles. The number of rotatable bonds is 3. The maximum absolute atomic E-state index is 11.7. The molecule has 18 heavy (non-hydrogen) atoms. The molecule has 0 saturated carbocycles. The van der Waals surface area contributed by atoms with Gasteiger partial charge in [0, 0.05) is 25.1 Å². The Morgan fingerprint density at radius 1 is 1.50 bits per heavy atom. The summed E-state index contributed by atoms with van der Waals surface area (Å²) in [6.45, 7) is 0.169. The van der Waals surface area contributed by atoms with E-state index in [0.717, 1.165) is 0 Å². The number of carbonyl (C=O) groups is 2. The predicted molar refractivity (Wildman–Crippen MR) is 64.4 cm³/mol. The van der Waals surface area contributed by atoms with Gasteiger partial charge in [0.15, 0.2) is 0 Å². The minimum Gasteiger partial charge on any atom is -0.311 e. The number of anilines is 1. The zero-order chi connectivity index (χ0) is 13.3. The number of nitro groups is 1. The predicted octanol–water partition coefficient (Wildman–Crippen LogP) is 1.71. The zero-order valence-corrected chi connectivity index (χ0v) is 9.96. The summed E-state index contributed by atoms with van der Waals surface area (Å²) < 4.78 is 0. The van der Waals surface area contributed by atoms with Crippen molar-refractivity contribution >= 4 is 34.1 Å². The van der Waals surface area contributed by atoms with Crippen LogP contribution in [0.15, 0.2) is 24.3 Å². The molecule has 1 aliphatic heterocycles. The highest BCUT2D eigenvalue weighted by Gasteiger charge is 2.34. The number of benzene rings is 1. The summed E-state index contributed by atoms with van der Waals surface area (Å²) in [4.78, 5) is 34.2. The van der Waals surface area contributed by atoms with Crippen molar-refractivity contribution in [3.63, 3.8) is 0 Å². The lowest BCUT2D eigenvalue weighted by molar-refractivity contribution is -0.384. The lowest BCUT2D eigenvalue weighted by Gasteiger charge is -2.15. The van der Waals surface area contributed by atoms with E-state index in [9.17, 15) is 19.7 Å². The third kappa shape index (κ3) is 2.33.